The third kappa shape index (κ3) is 31.4. The summed E-state index contributed by atoms with van der Waals surface area (Å²) in [5.41, 5.74) is 0. The van der Waals surface area contributed by atoms with Crippen molar-refractivity contribution < 1.29 is 19.1 Å². The first-order valence-electron chi connectivity index (χ1n) is 15.5. The van der Waals surface area contributed by atoms with E-state index in [0.29, 0.717) is 0 Å². The lowest BCUT2D eigenvalue weighted by Gasteiger charge is -2.35. The lowest BCUT2D eigenvalue weighted by atomic mass is 10.1. The molecule has 4 nitrogen and oxygen atoms in total. The number of carboxylic acids is 1. The second kappa shape index (κ2) is 29.6. The molecule has 0 unspecified atom stereocenters. The first-order chi connectivity index (χ1) is 17.0. The van der Waals surface area contributed by atoms with E-state index in [1.165, 1.54) is 166 Å². The van der Waals surface area contributed by atoms with E-state index in [-0.39, 0.29) is 6.61 Å². The minimum atomic E-state index is -1.18. The molecule has 0 aliphatic carbocycles. The van der Waals surface area contributed by atoms with E-state index in [9.17, 15) is 9.90 Å². The Morgan fingerprint density at radius 3 is 1.00 bits per heavy atom. The molecule has 0 aromatic heterocycles. The van der Waals surface area contributed by atoms with Crippen molar-refractivity contribution in [3.8, 4) is 0 Å². The van der Waals surface area contributed by atoms with Crippen LogP contribution in [0.25, 0.3) is 0 Å². The first kappa shape index (κ1) is 36.5. The third-order valence-corrected chi connectivity index (χ3v) is 7.17. The van der Waals surface area contributed by atoms with Gasteiger partial charge in [-0.25, -0.2) is 0 Å². The summed E-state index contributed by atoms with van der Waals surface area (Å²) in [5, 5.41) is 9.36. The molecule has 0 saturated carbocycles. The van der Waals surface area contributed by atoms with E-state index in [1.807, 2.05) is 0 Å². The van der Waals surface area contributed by atoms with Crippen LogP contribution in [0.4, 0.5) is 0 Å². The number of carboxylic acid groups (broad SMARTS) is 1. The summed E-state index contributed by atoms with van der Waals surface area (Å²) in [5.74, 6) is -1.18. The molecule has 0 amide bonds. The van der Waals surface area contributed by atoms with Crippen LogP contribution in [-0.2, 0) is 9.53 Å². The van der Waals surface area contributed by atoms with Gasteiger partial charge in [0, 0.05) is 7.11 Å². The molecule has 0 bridgehead atoms. The van der Waals surface area contributed by atoms with Crippen molar-refractivity contribution in [2.24, 2.45) is 0 Å². The molecule has 0 saturated heterocycles. The average Bonchev–Trinajstić information content (AvgIpc) is 2.83. The van der Waals surface area contributed by atoms with Gasteiger partial charge in [0.15, 0.2) is 0 Å². The van der Waals surface area contributed by atoms with Gasteiger partial charge in [0.05, 0.1) is 39.3 Å². The maximum absolute atomic E-state index is 9.36. The number of aliphatic carboxylic acids is 1. The van der Waals surface area contributed by atoms with Crippen molar-refractivity contribution in [2.75, 3.05) is 40.4 Å². The fraction of sp³-hybridized carbons (Fsp3) is 0.968. The molecule has 0 fully saturated rings. The number of ether oxygens (including phenoxy) is 1. The van der Waals surface area contributed by atoms with Gasteiger partial charge in [0.1, 0.15) is 0 Å². The summed E-state index contributed by atoms with van der Waals surface area (Å²) >= 11 is 0. The van der Waals surface area contributed by atoms with Crippen LogP contribution in [0, 0.1) is 0 Å². The predicted octanol–water partition coefficient (Wildman–Crippen LogP) is 8.07. The third-order valence-electron chi connectivity index (χ3n) is 7.17. The van der Waals surface area contributed by atoms with Gasteiger partial charge < -0.3 is 19.1 Å². The number of rotatable bonds is 26. The number of hydrogen-bond acceptors (Lipinski definition) is 3. The lowest BCUT2D eigenvalue weighted by molar-refractivity contribution is -0.910. The highest BCUT2D eigenvalue weighted by Gasteiger charge is 2.20. The molecule has 0 atom stereocenters. The van der Waals surface area contributed by atoms with Crippen LogP contribution < -0.4 is 5.11 Å². The van der Waals surface area contributed by atoms with Gasteiger partial charge in [-0.15, -0.1) is 0 Å². The minimum absolute atomic E-state index is 0.319. The van der Waals surface area contributed by atoms with Gasteiger partial charge >= 0.3 is 0 Å². The van der Waals surface area contributed by atoms with Crippen LogP contribution in [-0.4, -0.2) is 50.9 Å². The first-order valence-corrected chi connectivity index (χ1v) is 15.5. The van der Waals surface area contributed by atoms with Crippen molar-refractivity contribution in [2.45, 2.75) is 156 Å². The second-order valence-electron chi connectivity index (χ2n) is 11.0. The number of carbonyl (C=O) groups excluding carboxylic acids is 1. The smallest absolute Gasteiger partial charge is 0.0857 e. The molecule has 0 aliphatic heterocycles. The van der Waals surface area contributed by atoms with Crippen LogP contribution >= 0.6 is 0 Å². The molecule has 0 spiro atoms. The van der Waals surface area contributed by atoms with Gasteiger partial charge in [0.2, 0.25) is 0 Å². The lowest BCUT2D eigenvalue weighted by Crippen LogP contribution is -2.46. The highest BCUT2D eigenvalue weighted by Crippen LogP contribution is 2.16. The quantitative estimate of drug-likeness (QED) is 0.0893. The van der Waals surface area contributed by atoms with Crippen molar-refractivity contribution in [3.63, 3.8) is 0 Å². The SMILES string of the molecule is CCCCCCCCC[N+](C)(CCCCCCCCC)CCCCCCCCC.COCC(=O)[O-]. The van der Waals surface area contributed by atoms with Crippen molar-refractivity contribution in [1.29, 1.82) is 0 Å². The topological polar surface area (TPSA) is 49.4 Å². The van der Waals surface area contributed by atoms with Crippen molar-refractivity contribution >= 4 is 5.97 Å². The zero-order valence-electron chi connectivity index (χ0n) is 24.8. The number of carbonyl (C=O) groups is 1. The van der Waals surface area contributed by atoms with E-state index in [4.69, 9.17) is 0 Å². The van der Waals surface area contributed by atoms with E-state index in [1.54, 1.807) is 0 Å². The van der Waals surface area contributed by atoms with Gasteiger partial charge in [-0.2, -0.15) is 0 Å². The monoisotopic (exact) mass is 499 g/mol. The molecule has 0 rings (SSSR count). The Balaban J connectivity index is 0. The highest BCUT2D eigenvalue weighted by atomic mass is 16.5. The molecule has 212 valence electrons. The summed E-state index contributed by atoms with van der Waals surface area (Å²) in [6.07, 6.45) is 30.3. The van der Waals surface area contributed by atoms with Crippen LogP contribution in [0.5, 0.6) is 0 Å². The van der Waals surface area contributed by atoms with Gasteiger partial charge in [-0.3, -0.25) is 0 Å². The second-order valence-corrected chi connectivity index (χ2v) is 11.0. The molecule has 35 heavy (non-hydrogen) atoms. The predicted molar refractivity (Wildman–Crippen MR) is 152 cm³/mol. The Morgan fingerprint density at radius 2 is 0.800 bits per heavy atom. The zero-order valence-corrected chi connectivity index (χ0v) is 24.8. The number of methoxy groups -OCH3 is 1. The maximum atomic E-state index is 9.36. The summed E-state index contributed by atoms with van der Waals surface area (Å²) in [7, 11) is 3.88. The standard InChI is InChI=1S/C28H60N.C3H6O3/c1-5-8-11-14-17-20-23-26-29(4,27-24-21-18-15-12-9-6-2)28-25-22-19-16-13-10-7-3;1-6-2-3(4)5/h5-28H2,1-4H3;2H2,1H3,(H,4,5)/q+1;/p-1. The molecule has 0 aromatic rings. The van der Waals surface area contributed by atoms with Gasteiger partial charge in [-0.05, 0) is 38.5 Å². The van der Waals surface area contributed by atoms with E-state index in [2.05, 4.69) is 32.6 Å². The summed E-state index contributed by atoms with van der Waals surface area (Å²) in [6, 6.07) is 0. The van der Waals surface area contributed by atoms with Crippen molar-refractivity contribution in [3.05, 3.63) is 0 Å². The number of hydrogen-bond donors (Lipinski definition) is 0. The Hall–Kier alpha value is -0.610. The number of nitrogens with zero attached hydrogens (tertiary/aromatic N) is 1. The Morgan fingerprint density at radius 1 is 0.543 bits per heavy atom. The number of quaternary nitrogens is 1. The van der Waals surface area contributed by atoms with E-state index >= 15 is 0 Å². The minimum Gasteiger partial charge on any atom is -0.548 e. The Kier molecular flexibility index (Phi) is 30.9. The summed E-state index contributed by atoms with van der Waals surface area (Å²) in [4.78, 5) is 9.36. The normalized spacial score (nSPS) is 11.3. The highest BCUT2D eigenvalue weighted by molar-refractivity contribution is 5.65. The molecular weight excluding hydrogens is 434 g/mol. The molecule has 0 N–H and O–H groups in total. The molecular formula is C31H65NO3. The fourth-order valence-electron chi connectivity index (χ4n) is 4.81. The van der Waals surface area contributed by atoms with Crippen molar-refractivity contribution in [1.82, 2.24) is 0 Å². The fourth-order valence-corrected chi connectivity index (χ4v) is 4.81. The Bertz CT molecular complexity index is 368. The van der Waals surface area contributed by atoms with E-state index < -0.39 is 5.97 Å². The van der Waals surface area contributed by atoms with Gasteiger partial charge in [0.25, 0.3) is 0 Å². The van der Waals surface area contributed by atoms with Crippen LogP contribution in [0.3, 0.4) is 0 Å². The number of unbranched alkanes of at least 4 members (excludes halogenated alkanes) is 18. The molecule has 0 aliphatic rings. The zero-order chi connectivity index (χ0) is 26.5. The van der Waals surface area contributed by atoms with Crippen LogP contribution in [0.15, 0.2) is 0 Å². The maximum Gasteiger partial charge on any atom is 0.0857 e. The van der Waals surface area contributed by atoms with E-state index in [0.717, 1.165) is 0 Å². The molecule has 0 aromatic carbocycles. The molecule has 0 radical (unpaired) electrons. The largest absolute Gasteiger partial charge is 0.548 e. The Labute approximate surface area is 221 Å². The van der Waals surface area contributed by atoms with Crippen LogP contribution in [0.2, 0.25) is 0 Å². The molecule has 4 heteroatoms. The summed E-state index contributed by atoms with van der Waals surface area (Å²) < 4.78 is 5.50. The van der Waals surface area contributed by atoms with Crippen LogP contribution in [0.1, 0.15) is 156 Å². The molecule has 0 heterocycles. The average molecular weight is 500 g/mol. The summed E-state index contributed by atoms with van der Waals surface area (Å²) in [6.45, 7) is 10.9. The van der Waals surface area contributed by atoms with Gasteiger partial charge in [-0.1, -0.05) is 117 Å².